The van der Waals surface area contributed by atoms with Gasteiger partial charge in [-0.15, -0.1) is 5.10 Å². The van der Waals surface area contributed by atoms with Crippen molar-refractivity contribution in [1.29, 1.82) is 0 Å². The number of aromatic nitrogens is 6. The molecule has 6 nitrogen and oxygen atoms in total. The zero-order valence-electron chi connectivity index (χ0n) is 16.7. The predicted octanol–water partition coefficient (Wildman–Crippen LogP) is 6.19. The van der Waals surface area contributed by atoms with E-state index in [0.717, 1.165) is 68.1 Å². The van der Waals surface area contributed by atoms with Crippen molar-refractivity contribution < 1.29 is 0 Å². The number of aryl methyl sites for hydroxylation is 3. The Labute approximate surface area is 187 Å². The molecule has 0 unspecified atom stereocenters. The molecule has 0 aliphatic rings. The van der Waals surface area contributed by atoms with E-state index in [0.29, 0.717) is 0 Å². The predicted molar refractivity (Wildman–Crippen MR) is 126 cm³/mol. The molecule has 0 amide bonds. The van der Waals surface area contributed by atoms with Gasteiger partial charge in [0.1, 0.15) is 5.82 Å². The number of aromatic amines is 2. The molecule has 0 bridgehead atoms. The Morgan fingerprint density at radius 1 is 0.839 bits per heavy atom. The molecule has 31 heavy (non-hydrogen) atoms. The SMILES string of the molecule is Cc1nnnn1CCCc1c2[nH]c3ccc(Cl)cc3c2cc2c1[nH]c1ccc(Cl)cc12. The van der Waals surface area contributed by atoms with E-state index in [-0.39, 0.29) is 0 Å². The number of halogens is 2. The van der Waals surface area contributed by atoms with E-state index in [1.807, 2.05) is 48.0 Å². The number of benzene rings is 3. The van der Waals surface area contributed by atoms with Gasteiger partial charge < -0.3 is 9.97 Å². The van der Waals surface area contributed by atoms with E-state index < -0.39 is 0 Å². The summed E-state index contributed by atoms with van der Waals surface area (Å²) in [5.41, 5.74) is 5.67. The molecule has 8 heteroatoms. The van der Waals surface area contributed by atoms with Crippen LogP contribution >= 0.6 is 23.2 Å². The van der Waals surface area contributed by atoms with Crippen molar-refractivity contribution in [2.24, 2.45) is 0 Å². The first-order chi connectivity index (χ1) is 15.1. The normalized spacial score (nSPS) is 12.1. The summed E-state index contributed by atoms with van der Waals surface area (Å²) in [5, 5.41) is 17.8. The third-order valence-electron chi connectivity index (χ3n) is 6.00. The molecule has 3 aromatic carbocycles. The van der Waals surface area contributed by atoms with E-state index in [1.165, 1.54) is 16.3 Å². The first kappa shape index (κ1) is 18.7. The van der Waals surface area contributed by atoms with Crippen LogP contribution in [0.1, 0.15) is 17.8 Å². The number of hydrogen-bond donors (Lipinski definition) is 2. The van der Waals surface area contributed by atoms with Gasteiger partial charge in [0.15, 0.2) is 0 Å². The van der Waals surface area contributed by atoms with E-state index in [2.05, 4.69) is 31.6 Å². The van der Waals surface area contributed by atoms with Crippen LogP contribution < -0.4 is 0 Å². The lowest BCUT2D eigenvalue weighted by molar-refractivity contribution is 0.548. The van der Waals surface area contributed by atoms with Crippen molar-refractivity contribution in [3.05, 3.63) is 63.9 Å². The van der Waals surface area contributed by atoms with Crippen molar-refractivity contribution in [1.82, 2.24) is 30.2 Å². The molecule has 0 radical (unpaired) electrons. The second kappa shape index (κ2) is 6.97. The summed E-state index contributed by atoms with van der Waals surface area (Å²) in [6, 6.07) is 14.2. The molecule has 6 aromatic rings. The number of rotatable bonds is 4. The Balaban J connectivity index is 1.59. The van der Waals surface area contributed by atoms with E-state index in [9.17, 15) is 0 Å². The molecule has 3 heterocycles. The number of hydrogen-bond acceptors (Lipinski definition) is 3. The van der Waals surface area contributed by atoms with Gasteiger partial charge in [-0.3, -0.25) is 0 Å². The summed E-state index contributed by atoms with van der Waals surface area (Å²) in [7, 11) is 0. The first-order valence-corrected chi connectivity index (χ1v) is 10.9. The minimum atomic E-state index is 0.728. The van der Waals surface area contributed by atoms with Crippen molar-refractivity contribution in [2.75, 3.05) is 0 Å². The fraction of sp³-hybridized carbons (Fsp3) is 0.174. The van der Waals surface area contributed by atoms with Crippen LogP contribution in [0.3, 0.4) is 0 Å². The minimum absolute atomic E-state index is 0.728. The van der Waals surface area contributed by atoms with E-state index in [1.54, 1.807) is 0 Å². The van der Waals surface area contributed by atoms with Crippen molar-refractivity contribution in [3.63, 3.8) is 0 Å². The van der Waals surface area contributed by atoms with Crippen LogP contribution in [-0.2, 0) is 13.0 Å². The molecule has 2 N–H and O–H groups in total. The standard InChI is InChI=1S/C23H18Cl2N6/c1-12-28-29-30-31(12)8-2-3-15-22-18(16-9-13(24)4-6-20(16)26-22)11-19-17-10-14(25)5-7-21(17)27-23(15)19/h4-7,9-11,26-27H,2-3,8H2,1H3. The Morgan fingerprint density at radius 2 is 1.45 bits per heavy atom. The lowest BCUT2D eigenvalue weighted by atomic mass is 10.0. The van der Waals surface area contributed by atoms with Gasteiger partial charge in [0.2, 0.25) is 0 Å². The van der Waals surface area contributed by atoms with E-state index >= 15 is 0 Å². The average Bonchev–Trinajstić information content (AvgIpc) is 3.43. The molecule has 0 aliphatic carbocycles. The number of tetrazole rings is 1. The quantitative estimate of drug-likeness (QED) is 0.337. The van der Waals surface area contributed by atoms with Gasteiger partial charge in [-0.2, -0.15) is 0 Å². The van der Waals surface area contributed by atoms with Crippen LogP contribution in [0.2, 0.25) is 10.0 Å². The highest BCUT2D eigenvalue weighted by Gasteiger charge is 2.17. The van der Waals surface area contributed by atoms with Crippen LogP contribution in [0.4, 0.5) is 0 Å². The fourth-order valence-corrected chi connectivity index (χ4v) is 4.87. The van der Waals surface area contributed by atoms with Gasteiger partial charge in [0.05, 0.1) is 11.0 Å². The molecule has 0 atom stereocenters. The molecule has 0 saturated carbocycles. The number of nitrogens with zero attached hydrogens (tertiary/aromatic N) is 4. The van der Waals surface area contributed by atoms with Crippen LogP contribution in [0.5, 0.6) is 0 Å². The van der Waals surface area contributed by atoms with Crippen molar-refractivity contribution >= 4 is 66.8 Å². The van der Waals surface area contributed by atoms with Gasteiger partial charge in [0, 0.05) is 54.7 Å². The third-order valence-corrected chi connectivity index (χ3v) is 6.47. The zero-order chi connectivity index (χ0) is 21.1. The van der Waals surface area contributed by atoms with Gasteiger partial charge in [0.25, 0.3) is 0 Å². The van der Waals surface area contributed by atoms with Crippen molar-refractivity contribution in [3.8, 4) is 0 Å². The second-order valence-corrected chi connectivity index (χ2v) is 8.76. The summed E-state index contributed by atoms with van der Waals surface area (Å²) < 4.78 is 1.84. The summed E-state index contributed by atoms with van der Waals surface area (Å²) >= 11 is 12.7. The fourth-order valence-electron chi connectivity index (χ4n) is 4.53. The molecule has 6 rings (SSSR count). The van der Waals surface area contributed by atoms with Gasteiger partial charge in [-0.1, -0.05) is 23.2 Å². The topological polar surface area (TPSA) is 75.2 Å². The molecule has 0 spiro atoms. The van der Waals surface area contributed by atoms with Gasteiger partial charge >= 0.3 is 0 Å². The highest BCUT2D eigenvalue weighted by Crippen LogP contribution is 2.38. The first-order valence-electron chi connectivity index (χ1n) is 10.1. The largest absolute Gasteiger partial charge is 0.354 e. The lowest BCUT2D eigenvalue weighted by Gasteiger charge is -2.07. The zero-order valence-corrected chi connectivity index (χ0v) is 18.2. The average molecular weight is 449 g/mol. The second-order valence-electron chi connectivity index (χ2n) is 7.88. The Hall–Kier alpha value is -3.09. The maximum Gasteiger partial charge on any atom is 0.148 e. The summed E-state index contributed by atoms with van der Waals surface area (Å²) in [6.07, 6.45) is 1.78. The minimum Gasteiger partial charge on any atom is -0.354 e. The van der Waals surface area contributed by atoms with Crippen LogP contribution in [0, 0.1) is 6.92 Å². The number of H-pyrrole nitrogens is 2. The van der Waals surface area contributed by atoms with Crippen LogP contribution in [0.15, 0.2) is 42.5 Å². The molecule has 0 fully saturated rings. The van der Waals surface area contributed by atoms with Crippen molar-refractivity contribution in [2.45, 2.75) is 26.3 Å². The number of fused-ring (bicyclic) bond motifs is 6. The Morgan fingerprint density at radius 3 is 2.00 bits per heavy atom. The number of nitrogens with one attached hydrogen (secondary N) is 2. The smallest absolute Gasteiger partial charge is 0.148 e. The van der Waals surface area contributed by atoms with Gasteiger partial charge in [-0.25, -0.2) is 4.68 Å². The maximum absolute atomic E-state index is 6.33. The molecule has 3 aromatic heterocycles. The molecular weight excluding hydrogens is 431 g/mol. The third kappa shape index (κ3) is 2.98. The van der Waals surface area contributed by atoms with Crippen LogP contribution in [-0.4, -0.2) is 30.2 Å². The maximum atomic E-state index is 6.33. The highest BCUT2D eigenvalue weighted by molar-refractivity contribution is 6.33. The van der Waals surface area contributed by atoms with E-state index in [4.69, 9.17) is 23.2 Å². The summed E-state index contributed by atoms with van der Waals surface area (Å²) in [4.78, 5) is 7.25. The van der Waals surface area contributed by atoms with Crippen LogP contribution in [0.25, 0.3) is 43.6 Å². The summed E-state index contributed by atoms with van der Waals surface area (Å²) in [5.74, 6) is 0.823. The monoisotopic (exact) mass is 448 g/mol. The molecular formula is C23H18Cl2N6. The lowest BCUT2D eigenvalue weighted by Crippen LogP contribution is -2.04. The molecule has 154 valence electrons. The summed E-state index contributed by atoms with van der Waals surface area (Å²) in [6.45, 7) is 2.68. The Kier molecular flexibility index (Phi) is 4.20. The Bertz CT molecular complexity index is 1510. The molecule has 0 saturated heterocycles. The molecule has 0 aliphatic heterocycles. The van der Waals surface area contributed by atoms with Gasteiger partial charge in [-0.05, 0) is 72.7 Å². The highest BCUT2D eigenvalue weighted by atomic mass is 35.5.